The van der Waals surface area contributed by atoms with Gasteiger partial charge in [-0.2, -0.15) is 0 Å². The molecule has 3 rings (SSSR count). The van der Waals surface area contributed by atoms with E-state index in [1.54, 1.807) is 25.2 Å². The van der Waals surface area contributed by atoms with Gasteiger partial charge in [0, 0.05) is 31.9 Å². The number of amides is 1. The molecular formula is C16H17N3O5S. The first kappa shape index (κ1) is 17.2. The number of carbonyl (C=O) groups excluding carboxylic acids is 1. The van der Waals surface area contributed by atoms with Crippen LogP contribution in [-0.2, 0) is 23.1 Å². The summed E-state index contributed by atoms with van der Waals surface area (Å²) in [5.74, 6) is -1.10. The molecule has 8 nitrogen and oxygen atoms in total. The van der Waals surface area contributed by atoms with E-state index in [2.05, 4.69) is 4.72 Å². The molecule has 0 saturated heterocycles. The summed E-state index contributed by atoms with van der Waals surface area (Å²) in [7, 11) is -2.19. The van der Waals surface area contributed by atoms with Crippen LogP contribution in [0.5, 0.6) is 5.75 Å². The summed E-state index contributed by atoms with van der Waals surface area (Å²) in [5, 5.41) is 9.94. The van der Waals surface area contributed by atoms with Gasteiger partial charge in [-0.25, -0.2) is 13.1 Å². The molecule has 0 spiro atoms. The van der Waals surface area contributed by atoms with E-state index in [4.69, 9.17) is 0 Å². The molecule has 0 aliphatic carbocycles. The van der Waals surface area contributed by atoms with E-state index >= 15 is 0 Å². The number of benzene rings is 1. The highest BCUT2D eigenvalue weighted by Crippen LogP contribution is 2.20. The zero-order valence-electron chi connectivity index (χ0n) is 13.5. The minimum absolute atomic E-state index is 0.103. The van der Waals surface area contributed by atoms with E-state index in [1.165, 1.54) is 21.6 Å². The van der Waals surface area contributed by atoms with Gasteiger partial charge in [0.25, 0.3) is 5.91 Å². The topological polar surface area (TPSA) is 109 Å². The van der Waals surface area contributed by atoms with Crippen molar-refractivity contribution in [2.45, 2.75) is 18.0 Å². The molecule has 0 radical (unpaired) electrons. The molecule has 2 heterocycles. The third kappa shape index (κ3) is 3.15. The van der Waals surface area contributed by atoms with Crippen LogP contribution in [0.2, 0.25) is 0 Å². The van der Waals surface area contributed by atoms with E-state index in [1.807, 2.05) is 0 Å². The molecule has 1 aromatic heterocycles. The average molecular weight is 363 g/mol. The largest absolute Gasteiger partial charge is 0.503 e. The fourth-order valence-electron chi connectivity index (χ4n) is 2.69. The Balaban J connectivity index is 1.96. The van der Waals surface area contributed by atoms with Crippen LogP contribution in [0.1, 0.15) is 16.2 Å². The van der Waals surface area contributed by atoms with Crippen LogP contribution in [0, 0.1) is 0 Å². The maximum Gasteiger partial charge on any atom is 0.274 e. The number of rotatable bonds is 4. The van der Waals surface area contributed by atoms with Crippen molar-refractivity contribution in [1.82, 2.24) is 14.2 Å². The lowest BCUT2D eigenvalue weighted by molar-refractivity contribution is 0.0740. The number of fused-ring (bicyclic) bond motifs is 1. The number of sulfonamides is 1. The fraction of sp³-hybridized carbons (Fsp3) is 0.250. The number of aromatic nitrogens is 1. The van der Waals surface area contributed by atoms with Gasteiger partial charge in [0.05, 0.1) is 11.4 Å². The molecule has 1 aliphatic rings. The van der Waals surface area contributed by atoms with Crippen LogP contribution in [0.4, 0.5) is 0 Å². The molecule has 1 aromatic carbocycles. The van der Waals surface area contributed by atoms with Crippen LogP contribution in [-0.4, -0.2) is 42.5 Å². The first-order valence-electron chi connectivity index (χ1n) is 7.57. The lowest BCUT2D eigenvalue weighted by Crippen LogP contribution is -2.40. The maximum atomic E-state index is 12.3. The third-order valence-electron chi connectivity index (χ3n) is 4.08. The first-order chi connectivity index (χ1) is 11.8. The predicted molar refractivity (Wildman–Crippen MR) is 89.8 cm³/mol. The maximum absolute atomic E-state index is 12.3. The lowest BCUT2D eigenvalue weighted by atomic mass is 10.2. The van der Waals surface area contributed by atoms with Gasteiger partial charge in [-0.15, -0.1) is 0 Å². The van der Waals surface area contributed by atoms with Crippen LogP contribution in [0.3, 0.4) is 0 Å². The smallest absolute Gasteiger partial charge is 0.274 e. The number of aromatic hydroxyl groups is 1. The van der Waals surface area contributed by atoms with Crippen molar-refractivity contribution in [3.8, 4) is 5.75 Å². The van der Waals surface area contributed by atoms with Gasteiger partial charge < -0.3 is 14.6 Å². The van der Waals surface area contributed by atoms with Crippen molar-refractivity contribution >= 4 is 15.9 Å². The first-order valence-corrected chi connectivity index (χ1v) is 9.05. The number of likely N-dealkylation sites (N-methyl/N-ethyl adjacent to an activating group) is 1. The van der Waals surface area contributed by atoms with E-state index in [0.29, 0.717) is 18.8 Å². The van der Waals surface area contributed by atoms with Crippen molar-refractivity contribution in [2.75, 3.05) is 13.6 Å². The van der Waals surface area contributed by atoms with Gasteiger partial charge in [0.2, 0.25) is 15.5 Å². The summed E-state index contributed by atoms with van der Waals surface area (Å²) in [6.45, 7) is 0.580. The van der Waals surface area contributed by atoms with Crippen molar-refractivity contribution in [1.29, 1.82) is 0 Å². The van der Waals surface area contributed by atoms with Crippen LogP contribution in [0.25, 0.3) is 0 Å². The third-order valence-corrected chi connectivity index (χ3v) is 5.49. The van der Waals surface area contributed by atoms with Crippen molar-refractivity contribution < 1.29 is 18.3 Å². The molecule has 0 fully saturated rings. The minimum Gasteiger partial charge on any atom is -0.503 e. The standard InChI is InChI=1S/C16H17N3O5S/c1-18-7-8-19-11(9-13(20)15(21)14(19)16(18)22)10-17-25(23,24)12-5-3-2-4-6-12/h2-6,9,17,21H,7-8,10H2,1H3. The van der Waals surface area contributed by atoms with Crippen molar-refractivity contribution in [3.05, 3.63) is 58.0 Å². The van der Waals surface area contributed by atoms with Crippen molar-refractivity contribution in [2.24, 2.45) is 0 Å². The van der Waals surface area contributed by atoms with Crippen molar-refractivity contribution in [3.63, 3.8) is 0 Å². The molecule has 0 saturated carbocycles. The minimum atomic E-state index is -3.76. The Morgan fingerprint density at radius 2 is 1.84 bits per heavy atom. The van der Waals surface area contributed by atoms with Gasteiger partial charge in [-0.05, 0) is 12.1 Å². The Kier molecular flexibility index (Phi) is 4.36. The Hall–Kier alpha value is -2.65. The SMILES string of the molecule is CN1CCn2c(CNS(=O)(=O)c3ccccc3)cc(=O)c(O)c2C1=O. The van der Waals surface area contributed by atoms with Gasteiger partial charge in [-0.3, -0.25) is 9.59 Å². The van der Waals surface area contributed by atoms with Crippen LogP contribution in [0.15, 0.2) is 46.1 Å². The number of hydrogen-bond acceptors (Lipinski definition) is 5. The summed E-state index contributed by atoms with van der Waals surface area (Å²) in [4.78, 5) is 25.7. The number of pyridine rings is 1. The Morgan fingerprint density at radius 1 is 1.16 bits per heavy atom. The highest BCUT2D eigenvalue weighted by Gasteiger charge is 2.28. The number of nitrogens with zero attached hydrogens (tertiary/aromatic N) is 2. The normalized spacial score (nSPS) is 14.4. The van der Waals surface area contributed by atoms with E-state index < -0.39 is 27.1 Å². The molecule has 1 aliphatic heterocycles. The molecule has 0 unspecified atom stereocenters. The number of carbonyl (C=O) groups is 1. The van der Waals surface area contributed by atoms with E-state index in [0.717, 1.165) is 6.07 Å². The molecular weight excluding hydrogens is 346 g/mol. The molecule has 2 N–H and O–H groups in total. The Bertz CT molecular complexity index is 983. The summed E-state index contributed by atoms with van der Waals surface area (Å²) < 4.78 is 28.5. The number of hydrogen-bond donors (Lipinski definition) is 2. The summed E-state index contributed by atoms with van der Waals surface area (Å²) >= 11 is 0. The van der Waals surface area contributed by atoms with Gasteiger partial charge in [0.1, 0.15) is 0 Å². The zero-order valence-corrected chi connectivity index (χ0v) is 14.3. The summed E-state index contributed by atoms with van der Waals surface area (Å²) in [5.41, 5.74) is -0.516. The predicted octanol–water partition coefficient (Wildman–Crippen LogP) is 0.118. The molecule has 9 heteroatoms. The molecule has 132 valence electrons. The highest BCUT2D eigenvalue weighted by atomic mass is 32.2. The average Bonchev–Trinajstić information content (AvgIpc) is 2.60. The van der Waals surface area contributed by atoms with E-state index in [-0.39, 0.29) is 17.1 Å². The molecule has 2 aromatic rings. The number of nitrogens with one attached hydrogen (secondary N) is 1. The molecule has 0 atom stereocenters. The monoisotopic (exact) mass is 363 g/mol. The van der Waals surface area contributed by atoms with Crippen LogP contribution < -0.4 is 10.2 Å². The second-order valence-electron chi connectivity index (χ2n) is 5.71. The van der Waals surface area contributed by atoms with Gasteiger partial charge in [0.15, 0.2) is 11.4 Å². The highest BCUT2D eigenvalue weighted by molar-refractivity contribution is 7.89. The second-order valence-corrected chi connectivity index (χ2v) is 7.48. The Labute approximate surface area is 144 Å². The lowest BCUT2D eigenvalue weighted by Gasteiger charge is -2.29. The van der Waals surface area contributed by atoms with Gasteiger partial charge in [-0.1, -0.05) is 18.2 Å². The summed E-state index contributed by atoms with van der Waals surface area (Å²) in [6.07, 6.45) is 0. The second kappa shape index (κ2) is 6.34. The Morgan fingerprint density at radius 3 is 2.52 bits per heavy atom. The fourth-order valence-corrected chi connectivity index (χ4v) is 3.71. The zero-order chi connectivity index (χ0) is 18.2. The van der Waals surface area contributed by atoms with E-state index in [9.17, 15) is 23.1 Å². The molecule has 1 amide bonds. The van der Waals surface area contributed by atoms with Crippen LogP contribution >= 0.6 is 0 Å². The quantitative estimate of drug-likeness (QED) is 0.802. The van der Waals surface area contributed by atoms with Gasteiger partial charge >= 0.3 is 0 Å². The molecule has 0 bridgehead atoms. The summed E-state index contributed by atoms with van der Waals surface area (Å²) in [6, 6.07) is 8.98. The molecule has 25 heavy (non-hydrogen) atoms.